The van der Waals surface area contributed by atoms with Crippen molar-refractivity contribution in [3.63, 3.8) is 0 Å². The van der Waals surface area contributed by atoms with Gasteiger partial charge in [0.15, 0.2) is 0 Å². The Bertz CT molecular complexity index is 586. The van der Waals surface area contributed by atoms with Gasteiger partial charge in [-0.25, -0.2) is 4.68 Å². The molecule has 1 N–H and O–H groups in total. The average molecular weight is 229 g/mol. The van der Waals surface area contributed by atoms with Gasteiger partial charge in [0.2, 0.25) is 0 Å². The fourth-order valence-corrected chi connectivity index (χ4v) is 2.14. The maximum absolute atomic E-state index is 12.1. The van der Waals surface area contributed by atoms with Gasteiger partial charge < -0.3 is 5.32 Å². The lowest BCUT2D eigenvalue weighted by Gasteiger charge is -2.26. The molecule has 17 heavy (non-hydrogen) atoms. The third-order valence-corrected chi connectivity index (χ3v) is 3.38. The van der Waals surface area contributed by atoms with Crippen LogP contribution in [0.5, 0.6) is 0 Å². The molecule has 3 rings (SSSR count). The SMILES string of the molecule is O=c1c2ccccc2cnn1CCC1CNC1. The van der Waals surface area contributed by atoms with Crippen molar-refractivity contribution < 1.29 is 0 Å². The molecule has 1 aliphatic rings. The van der Waals surface area contributed by atoms with Crippen LogP contribution >= 0.6 is 0 Å². The Balaban J connectivity index is 1.88. The summed E-state index contributed by atoms with van der Waals surface area (Å²) in [5.74, 6) is 0.704. The fourth-order valence-electron chi connectivity index (χ4n) is 2.14. The molecule has 1 aliphatic heterocycles. The van der Waals surface area contributed by atoms with Gasteiger partial charge in [0.1, 0.15) is 0 Å². The predicted octanol–water partition coefficient (Wildman–Crippen LogP) is 1.01. The van der Waals surface area contributed by atoms with E-state index in [1.54, 1.807) is 10.9 Å². The van der Waals surface area contributed by atoms with E-state index in [9.17, 15) is 4.79 Å². The summed E-state index contributed by atoms with van der Waals surface area (Å²) in [7, 11) is 0. The summed E-state index contributed by atoms with van der Waals surface area (Å²) in [5.41, 5.74) is 0.0235. The van der Waals surface area contributed by atoms with Gasteiger partial charge in [-0.1, -0.05) is 18.2 Å². The fraction of sp³-hybridized carbons (Fsp3) is 0.385. The summed E-state index contributed by atoms with van der Waals surface area (Å²) in [6.07, 6.45) is 2.80. The van der Waals surface area contributed by atoms with E-state index in [-0.39, 0.29) is 5.56 Å². The second-order valence-electron chi connectivity index (χ2n) is 4.57. The van der Waals surface area contributed by atoms with Crippen LogP contribution in [0.1, 0.15) is 6.42 Å². The predicted molar refractivity (Wildman–Crippen MR) is 67.0 cm³/mol. The molecule has 0 amide bonds. The molecule has 0 unspecified atom stereocenters. The van der Waals surface area contributed by atoms with Gasteiger partial charge in [-0.15, -0.1) is 0 Å². The first kappa shape index (κ1) is 10.5. The quantitative estimate of drug-likeness (QED) is 0.854. The van der Waals surface area contributed by atoms with E-state index < -0.39 is 0 Å². The number of hydrogen-bond acceptors (Lipinski definition) is 3. The van der Waals surface area contributed by atoms with Crippen LogP contribution in [0, 0.1) is 5.92 Å². The van der Waals surface area contributed by atoms with Crippen molar-refractivity contribution in [1.82, 2.24) is 15.1 Å². The third kappa shape index (κ3) is 1.96. The number of aryl methyl sites for hydroxylation is 1. The van der Waals surface area contributed by atoms with Crippen molar-refractivity contribution in [1.29, 1.82) is 0 Å². The summed E-state index contributed by atoms with van der Waals surface area (Å²) in [6.45, 7) is 2.86. The van der Waals surface area contributed by atoms with E-state index in [2.05, 4.69) is 10.4 Å². The van der Waals surface area contributed by atoms with Crippen molar-refractivity contribution in [3.05, 3.63) is 40.8 Å². The molecule has 2 aromatic rings. The van der Waals surface area contributed by atoms with Gasteiger partial charge >= 0.3 is 0 Å². The molecule has 1 fully saturated rings. The molecule has 1 aromatic heterocycles. The number of aromatic nitrogens is 2. The highest BCUT2D eigenvalue weighted by Crippen LogP contribution is 2.10. The van der Waals surface area contributed by atoms with Crippen LogP contribution in [0.3, 0.4) is 0 Å². The molecule has 0 spiro atoms. The molecular formula is C13H15N3O. The molecule has 88 valence electrons. The zero-order chi connectivity index (χ0) is 11.7. The topological polar surface area (TPSA) is 46.9 Å². The summed E-state index contributed by atoms with van der Waals surface area (Å²) in [4.78, 5) is 12.1. The highest BCUT2D eigenvalue weighted by atomic mass is 16.1. The first-order valence-electron chi connectivity index (χ1n) is 6.00. The Labute approximate surface area is 99.3 Å². The lowest BCUT2D eigenvalue weighted by Crippen LogP contribution is -2.42. The van der Waals surface area contributed by atoms with Crippen LogP contribution in [0.25, 0.3) is 10.8 Å². The Morgan fingerprint density at radius 3 is 2.94 bits per heavy atom. The maximum Gasteiger partial charge on any atom is 0.274 e. The molecule has 4 heteroatoms. The molecule has 0 radical (unpaired) electrons. The molecule has 2 heterocycles. The smallest absolute Gasteiger partial charge is 0.274 e. The monoisotopic (exact) mass is 229 g/mol. The van der Waals surface area contributed by atoms with E-state index in [0.717, 1.165) is 36.8 Å². The summed E-state index contributed by atoms with van der Waals surface area (Å²) >= 11 is 0. The zero-order valence-corrected chi connectivity index (χ0v) is 9.60. The first-order chi connectivity index (χ1) is 8.34. The molecule has 1 aromatic carbocycles. The molecule has 0 atom stereocenters. The van der Waals surface area contributed by atoms with Gasteiger partial charge in [-0.3, -0.25) is 4.79 Å². The molecule has 1 saturated heterocycles. The maximum atomic E-state index is 12.1. The second kappa shape index (κ2) is 4.30. The van der Waals surface area contributed by atoms with Crippen LogP contribution in [0.4, 0.5) is 0 Å². The van der Waals surface area contributed by atoms with Crippen LogP contribution in [-0.2, 0) is 6.54 Å². The Morgan fingerprint density at radius 1 is 1.35 bits per heavy atom. The van der Waals surface area contributed by atoms with Crippen LogP contribution < -0.4 is 10.9 Å². The minimum absolute atomic E-state index is 0.0235. The van der Waals surface area contributed by atoms with Crippen molar-refractivity contribution in [2.24, 2.45) is 5.92 Å². The number of fused-ring (bicyclic) bond motifs is 1. The number of rotatable bonds is 3. The highest BCUT2D eigenvalue weighted by molar-refractivity contribution is 5.80. The van der Waals surface area contributed by atoms with Crippen molar-refractivity contribution in [2.45, 2.75) is 13.0 Å². The van der Waals surface area contributed by atoms with E-state index in [1.807, 2.05) is 24.3 Å². The normalized spacial score (nSPS) is 16.0. The van der Waals surface area contributed by atoms with E-state index in [4.69, 9.17) is 0 Å². The van der Waals surface area contributed by atoms with Crippen LogP contribution in [0.15, 0.2) is 35.3 Å². The van der Waals surface area contributed by atoms with Gasteiger partial charge in [0.25, 0.3) is 5.56 Å². The lowest BCUT2D eigenvalue weighted by atomic mass is 10.00. The number of benzene rings is 1. The number of nitrogens with one attached hydrogen (secondary N) is 1. The summed E-state index contributed by atoms with van der Waals surface area (Å²) < 4.78 is 1.58. The Morgan fingerprint density at radius 2 is 2.18 bits per heavy atom. The third-order valence-electron chi connectivity index (χ3n) is 3.38. The number of nitrogens with zero attached hydrogens (tertiary/aromatic N) is 2. The Hall–Kier alpha value is -1.68. The Kier molecular flexibility index (Phi) is 2.65. The van der Waals surface area contributed by atoms with Crippen molar-refractivity contribution in [2.75, 3.05) is 13.1 Å². The lowest BCUT2D eigenvalue weighted by molar-refractivity contribution is 0.304. The van der Waals surface area contributed by atoms with Crippen LogP contribution in [0.2, 0.25) is 0 Å². The molecule has 0 aliphatic carbocycles. The highest BCUT2D eigenvalue weighted by Gasteiger charge is 2.16. The van der Waals surface area contributed by atoms with E-state index >= 15 is 0 Å². The van der Waals surface area contributed by atoms with Crippen molar-refractivity contribution in [3.8, 4) is 0 Å². The summed E-state index contributed by atoms with van der Waals surface area (Å²) in [6, 6.07) is 7.60. The van der Waals surface area contributed by atoms with Gasteiger partial charge in [0, 0.05) is 11.9 Å². The van der Waals surface area contributed by atoms with Crippen LogP contribution in [-0.4, -0.2) is 22.9 Å². The molecule has 0 bridgehead atoms. The molecular weight excluding hydrogens is 214 g/mol. The molecule has 0 saturated carbocycles. The minimum Gasteiger partial charge on any atom is -0.316 e. The van der Waals surface area contributed by atoms with Gasteiger partial charge in [0.05, 0.1) is 11.6 Å². The van der Waals surface area contributed by atoms with E-state index in [0.29, 0.717) is 5.92 Å². The minimum atomic E-state index is 0.0235. The average Bonchev–Trinajstić information content (AvgIpc) is 2.30. The van der Waals surface area contributed by atoms with Crippen molar-refractivity contribution >= 4 is 10.8 Å². The number of hydrogen-bond donors (Lipinski definition) is 1. The van der Waals surface area contributed by atoms with Gasteiger partial charge in [-0.2, -0.15) is 5.10 Å². The second-order valence-corrected chi connectivity index (χ2v) is 4.57. The standard InChI is InChI=1S/C13H15N3O/c17-13-12-4-2-1-3-11(12)9-15-16(13)6-5-10-7-14-8-10/h1-4,9-10,14H,5-8H2. The van der Waals surface area contributed by atoms with E-state index in [1.165, 1.54) is 0 Å². The van der Waals surface area contributed by atoms with Gasteiger partial charge in [-0.05, 0) is 31.5 Å². The zero-order valence-electron chi connectivity index (χ0n) is 9.60. The summed E-state index contributed by atoms with van der Waals surface area (Å²) in [5, 5.41) is 9.13. The molecule has 4 nitrogen and oxygen atoms in total. The largest absolute Gasteiger partial charge is 0.316 e. The first-order valence-corrected chi connectivity index (χ1v) is 6.00.